The van der Waals surface area contributed by atoms with Crippen LogP contribution in [-0.4, -0.2) is 5.11 Å². The Morgan fingerprint density at radius 2 is 1.83 bits per heavy atom. The van der Waals surface area contributed by atoms with Crippen molar-refractivity contribution >= 4 is 11.8 Å². The van der Waals surface area contributed by atoms with Crippen molar-refractivity contribution in [3.8, 4) is 0 Å². The lowest BCUT2D eigenvalue weighted by Gasteiger charge is -2.13. The molecule has 0 heterocycles. The van der Waals surface area contributed by atoms with Gasteiger partial charge in [-0.25, -0.2) is 4.39 Å². The molecule has 3 heteroatoms. The molecule has 0 aliphatic rings. The molecule has 0 radical (unpaired) electrons. The maximum absolute atomic E-state index is 13.9. The summed E-state index contributed by atoms with van der Waals surface area (Å²) in [6.07, 6.45) is -0.674. The lowest BCUT2D eigenvalue weighted by Crippen LogP contribution is -1.96. The summed E-state index contributed by atoms with van der Waals surface area (Å²) in [7, 11) is 0. The summed E-state index contributed by atoms with van der Waals surface area (Å²) in [5.74, 6) is -0.290. The lowest BCUT2D eigenvalue weighted by molar-refractivity contribution is 0.195. The molecule has 94 valence electrons. The van der Waals surface area contributed by atoms with E-state index in [2.05, 4.69) is 0 Å². The molecule has 0 aliphatic heterocycles. The smallest absolute Gasteiger partial charge is 0.137 e. The molecule has 0 amide bonds. The van der Waals surface area contributed by atoms with E-state index in [1.54, 1.807) is 19.1 Å². The average Bonchev–Trinajstić information content (AvgIpc) is 2.34. The van der Waals surface area contributed by atoms with Gasteiger partial charge in [0.2, 0.25) is 0 Å². The number of aryl methyl sites for hydroxylation is 1. The fourth-order valence-corrected chi connectivity index (χ4v) is 2.86. The van der Waals surface area contributed by atoms with E-state index in [0.717, 1.165) is 10.5 Å². The fraction of sp³-hybridized carbons (Fsp3) is 0.200. The molecule has 1 N–H and O–H groups in total. The highest BCUT2D eigenvalue weighted by Crippen LogP contribution is 2.36. The summed E-state index contributed by atoms with van der Waals surface area (Å²) in [4.78, 5) is 1.51. The van der Waals surface area contributed by atoms with E-state index in [1.807, 2.05) is 31.2 Å². The van der Waals surface area contributed by atoms with Crippen molar-refractivity contribution in [2.24, 2.45) is 0 Å². The van der Waals surface area contributed by atoms with Gasteiger partial charge in [-0.2, -0.15) is 0 Å². The Kier molecular flexibility index (Phi) is 4.04. The summed E-state index contributed by atoms with van der Waals surface area (Å²) in [5.41, 5.74) is 1.73. The first-order valence-corrected chi connectivity index (χ1v) is 6.61. The quantitative estimate of drug-likeness (QED) is 0.888. The fourth-order valence-electron chi connectivity index (χ4n) is 1.74. The zero-order valence-electron chi connectivity index (χ0n) is 10.4. The first-order chi connectivity index (χ1) is 8.59. The van der Waals surface area contributed by atoms with Crippen molar-refractivity contribution in [3.05, 3.63) is 59.4 Å². The Bertz CT molecular complexity index is 552. The molecule has 0 aromatic heterocycles. The van der Waals surface area contributed by atoms with Crippen molar-refractivity contribution < 1.29 is 9.50 Å². The lowest BCUT2D eigenvalue weighted by atomic mass is 10.1. The van der Waals surface area contributed by atoms with E-state index in [4.69, 9.17) is 0 Å². The van der Waals surface area contributed by atoms with E-state index in [0.29, 0.717) is 10.5 Å². The summed E-state index contributed by atoms with van der Waals surface area (Å²) >= 11 is 1.36. The van der Waals surface area contributed by atoms with Crippen LogP contribution >= 0.6 is 11.8 Å². The molecule has 1 unspecified atom stereocenters. The van der Waals surface area contributed by atoms with Gasteiger partial charge in [0.25, 0.3) is 0 Å². The minimum Gasteiger partial charge on any atom is -0.389 e. The topological polar surface area (TPSA) is 20.2 Å². The second kappa shape index (κ2) is 5.55. The highest BCUT2D eigenvalue weighted by atomic mass is 32.2. The molecule has 2 aromatic rings. The van der Waals surface area contributed by atoms with Gasteiger partial charge in [0.05, 0.1) is 11.0 Å². The van der Waals surface area contributed by atoms with Gasteiger partial charge in [-0.15, -0.1) is 0 Å². The third-order valence-corrected chi connectivity index (χ3v) is 4.07. The molecule has 0 saturated carbocycles. The minimum absolute atomic E-state index is 0.290. The van der Waals surface area contributed by atoms with Crippen molar-refractivity contribution in [2.45, 2.75) is 29.7 Å². The predicted octanol–water partition coefficient (Wildman–Crippen LogP) is 4.34. The average molecular weight is 262 g/mol. The highest BCUT2D eigenvalue weighted by Gasteiger charge is 2.14. The molecule has 1 nitrogen and oxygen atoms in total. The molecule has 0 spiro atoms. The van der Waals surface area contributed by atoms with E-state index >= 15 is 0 Å². The molecule has 0 fully saturated rings. The van der Waals surface area contributed by atoms with Gasteiger partial charge in [-0.1, -0.05) is 42.1 Å². The summed E-state index contributed by atoms with van der Waals surface area (Å²) in [5, 5.41) is 9.70. The number of hydrogen-bond acceptors (Lipinski definition) is 2. The third kappa shape index (κ3) is 2.74. The highest BCUT2D eigenvalue weighted by molar-refractivity contribution is 7.99. The van der Waals surface area contributed by atoms with Crippen LogP contribution in [0.5, 0.6) is 0 Å². The Hall–Kier alpha value is -1.32. The van der Waals surface area contributed by atoms with E-state index in [-0.39, 0.29) is 5.82 Å². The molecule has 0 aliphatic carbocycles. The van der Waals surface area contributed by atoms with Crippen LogP contribution in [0.25, 0.3) is 0 Å². The molecule has 0 saturated heterocycles. The predicted molar refractivity (Wildman–Crippen MR) is 72.3 cm³/mol. The molecule has 18 heavy (non-hydrogen) atoms. The monoisotopic (exact) mass is 262 g/mol. The van der Waals surface area contributed by atoms with Gasteiger partial charge in [0, 0.05) is 4.90 Å². The van der Waals surface area contributed by atoms with Gasteiger partial charge in [0.1, 0.15) is 5.82 Å². The normalized spacial score (nSPS) is 12.4. The zero-order valence-corrected chi connectivity index (χ0v) is 11.2. The maximum Gasteiger partial charge on any atom is 0.137 e. The molecular weight excluding hydrogens is 247 g/mol. The first-order valence-electron chi connectivity index (χ1n) is 5.79. The number of aliphatic hydroxyl groups excluding tert-OH is 1. The number of benzene rings is 2. The third-order valence-electron chi connectivity index (χ3n) is 2.75. The Morgan fingerprint density at radius 1 is 1.11 bits per heavy atom. The molecule has 1 atom stereocenters. The largest absolute Gasteiger partial charge is 0.389 e. The molecular formula is C15H15FOS. The van der Waals surface area contributed by atoms with Crippen LogP contribution in [0, 0.1) is 12.7 Å². The number of hydrogen-bond donors (Lipinski definition) is 1. The van der Waals surface area contributed by atoms with E-state index in [9.17, 15) is 9.50 Å². The molecule has 2 rings (SSSR count). The minimum atomic E-state index is -0.674. The molecule has 0 bridgehead atoms. The van der Waals surface area contributed by atoms with Gasteiger partial charge in [0.15, 0.2) is 0 Å². The maximum atomic E-state index is 13.9. The zero-order chi connectivity index (χ0) is 13.1. The Labute approximate surface area is 111 Å². The summed E-state index contributed by atoms with van der Waals surface area (Å²) < 4.78 is 13.9. The van der Waals surface area contributed by atoms with Crippen LogP contribution in [0.2, 0.25) is 0 Å². The summed E-state index contributed by atoms with van der Waals surface area (Å²) in [6, 6.07) is 12.6. The second-order valence-corrected chi connectivity index (χ2v) is 5.25. The Balaban J connectivity index is 2.43. The standard InChI is InChI=1S/C15H15FOS/c1-10-6-3-4-9-14(10)18-15-12(11(2)17)7-5-8-13(15)16/h3-9,11,17H,1-2H3. The Morgan fingerprint density at radius 3 is 2.50 bits per heavy atom. The number of rotatable bonds is 3. The second-order valence-electron chi connectivity index (χ2n) is 4.20. The van der Waals surface area contributed by atoms with Crippen molar-refractivity contribution in [2.75, 3.05) is 0 Å². The van der Waals surface area contributed by atoms with Crippen LogP contribution in [0.3, 0.4) is 0 Å². The first kappa shape index (κ1) is 13.1. The van der Waals surface area contributed by atoms with Crippen LogP contribution in [0.4, 0.5) is 4.39 Å². The van der Waals surface area contributed by atoms with Gasteiger partial charge < -0.3 is 5.11 Å². The van der Waals surface area contributed by atoms with E-state index < -0.39 is 6.10 Å². The van der Waals surface area contributed by atoms with E-state index in [1.165, 1.54) is 17.8 Å². The van der Waals surface area contributed by atoms with Gasteiger partial charge in [-0.05, 0) is 37.1 Å². The van der Waals surface area contributed by atoms with Crippen LogP contribution < -0.4 is 0 Å². The van der Waals surface area contributed by atoms with Crippen LogP contribution in [-0.2, 0) is 0 Å². The van der Waals surface area contributed by atoms with Crippen LogP contribution in [0.1, 0.15) is 24.2 Å². The van der Waals surface area contributed by atoms with Crippen molar-refractivity contribution in [3.63, 3.8) is 0 Å². The van der Waals surface area contributed by atoms with Gasteiger partial charge >= 0.3 is 0 Å². The summed E-state index contributed by atoms with van der Waals surface area (Å²) in [6.45, 7) is 3.64. The number of halogens is 1. The van der Waals surface area contributed by atoms with Crippen molar-refractivity contribution in [1.29, 1.82) is 0 Å². The van der Waals surface area contributed by atoms with Gasteiger partial charge in [-0.3, -0.25) is 0 Å². The SMILES string of the molecule is Cc1ccccc1Sc1c(F)cccc1C(C)O. The molecule has 2 aromatic carbocycles. The number of aliphatic hydroxyl groups is 1. The van der Waals surface area contributed by atoms with Crippen LogP contribution in [0.15, 0.2) is 52.3 Å². The van der Waals surface area contributed by atoms with Crippen molar-refractivity contribution in [1.82, 2.24) is 0 Å².